The van der Waals surface area contributed by atoms with E-state index in [1.165, 1.54) is 0 Å². The number of carbonyl (C=O) groups is 1. The second kappa shape index (κ2) is 9.14. The lowest BCUT2D eigenvalue weighted by atomic mass is 9.82. The van der Waals surface area contributed by atoms with Crippen LogP contribution in [-0.2, 0) is 16.0 Å². The largest absolute Gasteiger partial charge is 0.462 e. The molecule has 0 saturated carbocycles. The number of nitrogens with zero attached hydrogens (tertiary/aromatic N) is 1. The Balaban J connectivity index is 1.94. The number of likely N-dealkylation sites (N-methyl/N-ethyl adjacent to an activating group) is 1. The standard InChI is InChI=1S/C24H30N2O3/c1-3-26(20-8-5-4-6-9-20)22(16-13-18-11-14-19(25)15-12-18)24(2,28)21-10-7-17-29-23(21)27/h4-6,8-12,14-15,22,28H,3,7,13,16-17,25H2,1-2H3. The molecule has 5 nitrogen and oxygen atoms in total. The van der Waals surface area contributed by atoms with Gasteiger partial charge in [-0.05, 0) is 56.5 Å². The summed E-state index contributed by atoms with van der Waals surface area (Å²) < 4.78 is 5.22. The summed E-state index contributed by atoms with van der Waals surface area (Å²) in [7, 11) is 0. The van der Waals surface area contributed by atoms with E-state index in [9.17, 15) is 9.90 Å². The van der Waals surface area contributed by atoms with Crippen LogP contribution >= 0.6 is 0 Å². The molecule has 3 rings (SSSR count). The summed E-state index contributed by atoms with van der Waals surface area (Å²) in [5.74, 6) is -0.428. The molecule has 0 bridgehead atoms. The lowest BCUT2D eigenvalue weighted by Crippen LogP contribution is -2.54. The Morgan fingerprint density at radius 3 is 2.48 bits per heavy atom. The zero-order chi connectivity index (χ0) is 20.9. The number of ether oxygens (including phenoxy) is 1. The summed E-state index contributed by atoms with van der Waals surface area (Å²) in [5, 5.41) is 11.6. The Hall–Kier alpha value is -2.79. The van der Waals surface area contributed by atoms with Gasteiger partial charge in [-0.15, -0.1) is 0 Å². The predicted octanol–water partition coefficient (Wildman–Crippen LogP) is 3.72. The van der Waals surface area contributed by atoms with Gasteiger partial charge in [-0.25, -0.2) is 4.79 Å². The van der Waals surface area contributed by atoms with Crippen molar-refractivity contribution in [1.82, 2.24) is 0 Å². The number of hydrogen-bond donors (Lipinski definition) is 2. The van der Waals surface area contributed by atoms with E-state index in [4.69, 9.17) is 10.5 Å². The summed E-state index contributed by atoms with van der Waals surface area (Å²) in [4.78, 5) is 14.6. The fraction of sp³-hybridized carbons (Fsp3) is 0.375. The first-order valence-corrected chi connectivity index (χ1v) is 10.2. The highest BCUT2D eigenvalue weighted by Gasteiger charge is 2.43. The van der Waals surface area contributed by atoms with Gasteiger partial charge in [-0.3, -0.25) is 0 Å². The minimum atomic E-state index is -1.35. The van der Waals surface area contributed by atoms with Crippen molar-refractivity contribution in [2.75, 3.05) is 23.8 Å². The summed E-state index contributed by atoms with van der Waals surface area (Å²) in [6, 6.07) is 17.5. The lowest BCUT2D eigenvalue weighted by Gasteiger charge is -2.43. The second-order valence-corrected chi connectivity index (χ2v) is 7.61. The van der Waals surface area contributed by atoms with Gasteiger partial charge in [0.25, 0.3) is 0 Å². The smallest absolute Gasteiger partial charge is 0.336 e. The first kappa shape index (κ1) is 20.9. The molecule has 154 valence electrons. The van der Waals surface area contributed by atoms with Crippen molar-refractivity contribution >= 4 is 17.3 Å². The van der Waals surface area contributed by atoms with Crippen LogP contribution in [0.5, 0.6) is 0 Å². The van der Waals surface area contributed by atoms with Crippen LogP contribution in [0.4, 0.5) is 11.4 Å². The van der Waals surface area contributed by atoms with Crippen molar-refractivity contribution in [1.29, 1.82) is 0 Å². The lowest BCUT2D eigenvalue weighted by molar-refractivity contribution is -0.142. The zero-order valence-electron chi connectivity index (χ0n) is 17.2. The van der Waals surface area contributed by atoms with Gasteiger partial charge in [-0.1, -0.05) is 36.4 Å². The molecule has 0 saturated heterocycles. The number of para-hydroxylation sites is 1. The van der Waals surface area contributed by atoms with Crippen LogP contribution in [0.3, 0.4) is 0 Å². The molecular weight excluding hydrogens is 364 g/mol. The van der Waals surface area contributed by atoms with Gasteiger partial charge in [0.1, 0.15) is 5.60 Å². The average Bonchev–Trinajstić information content (AvgIpc) is 2.73. The van der Waals surface area contributed by atoms with Gasteiger partial charge < -0.3 is 20.5 Å². The number of esters is 1. The fourth-order valence-corrected chi connectivity index (χ4v) is 4.04. The van der Waals surface area contributed by atoms with Crippen molar-refractivity contribution in [3.8, 4) is 0 Å². The topological polar surface area (TPSA) is 75.8 Å². The zero-order valence-corrected chi connectivity index (χ0v) is 17.2. The van der Waals surface area contributed by atoms with Gasteiger partial charge >= 0.3 is 5.97 Å². The maximum Gasteiger partial charge on any atom is 0.336 e. The Morgan fingerprint density at radius 1 is 1.17 bits per heavy atom. The Labute approximate surface area is 172 Å². The number of cyclic esters (lactones) is 1. The fourth-order valence-electron chi connectivity index (χ4n) is 4.04. The molecule has 0 spiro atoms. The summed E-state index contributed by atoms with van der Waals surface area (Å²) in [6.07, 6.45) is 3.87. The van der Waals surface area contributed by atoms with Crippen LogP contribution in [0.25, 0.3) is 0 Å². The van der Waals surface area contributed by atoms with Crippen LogP contribution in [0.15, 0.2) is 66.2 Å². The molecule has 3 N–H and O–H groups in total. The number of hydrogen-bond acceptors (Lipinski definition) is 5. The Morgan fingerprint density at radius 2 is 1.86 bits per heavy atom. The third kappa shape index (κ3) is 4.80. The molecule has 0 aromatic heterocycles. The highest BCUT2D eigenvalue weighted by Crippen LogP contribution is 2.33. The van der Waals surface area contributed by atoms with Crippen LogP contribution in [0, 0.1) is 0 Å². The number of benzene rings is 2. The highest BCUT2D eigenvalue weighted by molar-refractivity contribution is 5.91. The third-order valence-electron chi connectivity index (χ3n) is 5.60. The Kier molecular flexibility index (Phi) is 6.60. The maximum absolute atomic E-state index is 12.4. The monoisotopic (exact) mass is 394 g/mol. The average molecular weight is 395 g/mol. The van der Waals surface area contributed by atoms with E-state index >= 15 is 0 Å². The normalized spacial score (nSPS) is 17.1. The minimum Gasteiger partial charge on any atom is -0.462 e. The summed E-state index contributed by atoms with van der Waals surface area (Å²) >= 11 is 0. The van der Waals surface area contributed by atoms with Gasteiger partial charge in [0.15, 0.2) is 0 Å². The molecule has 2 aromatic rings. The molecule has 5 heteroatoms. The maximum atomic E-state index is 12.4. The molecule has 0 fully saturated rings. The summed E-state index contributed by atoms with van der Waals surface area (Å²) in [5.41, 5.74) is 7.69. The Bertz CT molecular complexity index is 844. The predicted molar refractivity (Wildman–Crippen MR) is 117 cm³/mol. The molecule has 2 aromatic carbocycles. The number of aliphatic hydroxyl groups is 1. The van der Waals surface area contributed by atoms with E-state index in [2.05, 4.69) is 11.8 Å². The first-order valence-electron chi connectivity index (χ1n) is 10.2. The van der Waals surface area contributed by atoms with E-state index in [1.54, 1.807) is 6.92 Å². The molecule has 0 amide bonds. The number of nitrogens with two attached hydrogens (primary N) is 1. The first-order chi connectivity index (χ1) is 13.9. The van der Waals surface area contributed by atoms with Crippen LogP contribution in [0.1, 0.15) is 32.3 Å². The number of aryl methyl sites for hydroxylation is 1. The molecule has 2 unspecified atom stereocenters. The number of rotatable bonds is 8. The van der Waals surface area contributed by atoms with Gasteiger partial charge in [-0.2, -0.15) is 0 Å². The molecule has 1 heterocycles. The van der Waals surface area contributed by atoms with Gasteiger partial charge in [0.05, 0.1) is 18.2 Å². The van der Waals surface area contributed by atoms with Crippen LogP contribution in [-0.4, -0.2) is 35.9 Å². The van der Waals surface area contributed by atoms with Crippen molar-refractivity contribution in [3.05, 3.63) is 71.8 Å². The van der Waals surface area contributed by atoms with Crippen LogP contribution < -0.4 is 10.6 Å². The number of carbonyl (C=O) groups excluding carboxylic acids is 1. The quantitative estimate of drug-likeness (QED) is 0.527. The molecule has 29 heavy (non-hydrogen) atoms. The van der Waals surface area contributed by atoms with E-state index in [0.29, 0.717) is 31.6 Å². The number of nitrogen functional groups attached to an aromatic ring is 1. The van der Waals surface area contributed by atoms with Gasteiger partial charge in [0, 0.05) is 24.3 Å². The summed E-state index contributed by atoms with van der Waals surface area (Å²) in [6.45, 7) is 4.86. The molecule has 0 radical (unpaired) electrons. The van der Waals surface area contributed by atoms with E-state index in [0.717, 1.165) is 23.4 Å². The van der Waals surface area contributed by atoms with Crippen molar-refractivity contribution in [2.24, 2.45) is 0 Å². The number of anilines is 2. The molecule has 1 aliphatic heterocycles. The van der Waals surface area contributed by atoms with Crippen molar-refractivity contribution < 1.29 is 14.6 Å². The molecular formula is C24H30N2O3. The van der Waals surface area contributed by atoms with Gasteiger partial charge in [0.2, 0.25) is 0 Å². The van der Waals surface area contributed by atoms with Crippen LogP contribution in [0.2, 0.25) is 0 Å². The molecule has 0 aliphatic carbocycles. The third-order valence-corrected chi connectivity index (χ3v) is 5.60. The van der Waals surface area contributed by atoms with E-state index < -0.39 is 11.6 Å². The van der Waals surface area contributed by atoms with Crippen molar-refractivity contribution in [3.63, 3.8) is 0 Å². The second-order valence-electron chi connectivity index (χ2n) is 7.61. The highest BCUT2D eigenvalue weighted by atomic mass is 16.5. The van der Waals surface area contributed by atoms with E-state index in [1.807, 2.05) is 60.7 Å². The van der Waals surface area contributed by atoms with Crippen molar-refractivity contribution in [2.45, 2.75) is 44.8 Å². The van der Waals surface area contributed by atoms with E-state index in [-0.39, 0.29) is 6.04 Å². The molecule has 2 atom stereocenters. The molecule has 1 aliphatic rings. The minimum absolute atomic E-state index is 0.302. The SMILES string of the molecule is CCN(c1ccccc1)C(CCc1ccc(N)cc1)C(C)(O)C1=CCCOC1=O.